The molecule has 0 bridgehead atoms. The highest BCUT2D eigenvalue weighted by Gasteiger charge is 2.13. The molecule has 0 saturated carbocycles. The van der Waals surface area contributed by atoms with E-state index in [1.807, 2.05) is 0 Å². The number of nitrogens with zero attached hydrogens (tertiary/aromatic N) is 3. The van der Waals surface area contributed by atoms with Crippen LogP contribution in [-0.4, -0.2) is 41.0 Å². The fourth-order valence-electron chi connectivity index (χ4n) is 2.54. The molecular formula is C14H22N4O2. The van der Waals surface area contributed by atoms with Crippen LogP contribution < -0.4 is 5.32 Å². The Hall–Kier alpha value is -1.69. The Morgan fingerprint density at radius 2 is 2.15 bits per heavy atom. The van der Waals surface area contributed by atoms with Crippen molar-refractivity contribution < 1.29 is 4.92 Å². The Balaban J connectivity index is 1.74. The van der Waals surface area contributed by atoms with Gasteiger partial charge in [0.05, 0.1) is 5.69 Å². The third-order valence-corrected chi connectivity index (χ3v) is 3.61. The van der Waals surface area contributed by atoms with E-state index in [2.05, 4.69) is 22.1 Å². The molecule has 0 aliphatic carbocycles. The van der Waals surface area contributed by atoms with E-state index in [1.165, 1.54) is 44.6 Å². The normalized spacial score (nSPS) is 17.6. The molecule has 1 aliphatic heterocycles. The average molecular weight is 278 g/mol. The van der Waals surface area contributed by atoms with E-state index in [-0.39, 0.29) is 5.82 Å². The van der Waals surface area contributed by atoms with E-state index in [1.54, 1.807) is 6.07 Å². The Bertz CT molecular complexity index is 429. The topological polar surface area (TPSA) is 71.3 Å². The fraction of sp³-hybridized carbons (Fsp3) is 0.643. The van der Waals surface area contributed by atoms with Crippen LogP contribution >= 0.6 is 0 Å². The van der Waals surface area contributed by atoms with Gasteiger partial charge in [-0.3, -0.25) is 0 Å². The van der Waals surface area contributed by atoms with Gasteiger partial charge in [-0.15, -0.1) is 0 Å². The van der Waals surface area contributed by atoms with Gasteiger partial charge in [0.25, 0.3) is 0 Å². The molecule has 1 aromatic heterocycles. The number of hydrogen-bond donors (Lipinski definition) is 1. The van der Waals surface area contributed by atoms with Crippen molar-refractivity contribution in [2.45, 2.75) is 26.2 Å². The van der Waals surface area contributed by atoms with Gasteiger partial charge in [0.2, 0.25) is 0 Å². The lowest BCUT2D eigenvalue weighted by Crippen LogP contribution is -2.35. The molecule has 2 heterocycles. The number of nitrogens with one attached hydrogen (secondary N) is 1. The van der Waals surface area contributed by atoms with Crippen molar-refractivity contribution in [1.29, 1.82) is 0 Å². The molecule has 2 rings (SSSR count). The van der Waals surface area contributed by atoms with Crippen LogP contribution in [0.3, 0.4) is 0 Å². The van der Waals surface area contributed by atoms with Gasteiger partial charge >= 0.3 is 5.82 Å². The molecule has 6 nitrogen and oxygen atoms in total. The smallest absolute Gasteiger partial charge is 0.363 e. The van der Waals surface area contributed by atoms with E-state index in [9.17, 15) is 10.1 Å². The second-order valence-electron chi connectivity index (χ2n) is 5.51. The van der Waals surface area contributed by atoms with Crippen LogP contribution in [0.1, 0.15) is 26.2 Å². The van der Waals surface area contributed by atoms with Gasteiger partial charge in [-0.05, 0) is 47.8 Å². The summed E-state index contributed by atoms with van der Waals surface area (Å²) in [5, 5.41) is 13.8. The zero-order chi connectivity index (χ0) is 14.4. The summed E-state index contributed by atoms with van der Waals surface area (Å²) >= 11 is 0. The van der Waals surface area contributed by atoms with Crippen LogP contribution in [0.15, 0.2) is 18.3 Å². The Morgan fingerprint density at radius 1 is 1.40 bits per heavy atom. The molecule has 20 heavy (non-hydrogen) atoms. The number of rotatable bonds is 6. The monoisotopic (exact) mass is 278 g/mol. The Labute approximate surface area is 119 Å². The molecule has 0 aromatic carbocycles. The molecule has 1 unspecified atom stereocenters. The highest BCUT2D eigenvalue weighted by Crippen LogP contribution is 2.14. The molecule has 1 N–H and O–H groups in total. The van der Waals surface area contributed by atoms with Crippen LogP contribution in [0, 0.1) is 16.0 Å². The van der Waals surface area contributed by atoms with Crippen LogP contribution in [0.4, 0.5) is 11.5 Å². The SMILES string of the molecule is CC(CNc1ccc([N+](=O)[O-])nc1)CN1CCCCC1. The number of aromatic nitrogens is 1. The van der Waals surface area contributed by atoms with Crippen LogP contribution in [0.2, 0.25) is 0 Å². The highest BCUT2D eigenvalue weighted by molar-refractivity contribution is 5.43. The van der Waals surface area contributed by atoms with Crippen LogP contribution in [-0.2, 0) is 0 Å². The first-order valence-corrected chi connectivity index (χ1v) is 7.22. The van der Waals surface area contributed by atoms with Gasteiger partial charge < -0.3 is 20.3 Å². The van der Waals surface area contributed by atoms with Gasteiger partial charge in [-0.25, -0.2) is 0 Å². The number of likely N-dealkylation sites (tertiary alicyclic amines) is 1. The summed E-state index contributed by atoms with van der Waals surface area (Å²) in [7, 11) is 0. The molecule has 1 aliphatic rings. The van der Waals surface area contributed by atoms with Gasteiger partial charge in [0, 0.05) is 19.2 Å². The number of piperidine rings is 1. The minimum Gasteiger partial charge on any atom is -0.382 e. The molecule has 0 radical (unpaired) electrons. The molecular weight excluding hydrogens is 256 g/mol. The first kappa shape index (κ1) is 14.7. The minimum atomic E-state index is -0.483. The lowest BCUT2D eigenvalue weighted by molar-refractivity contribution is -0.389. The summed E-state index contributed by atoms with van der Waals surface area (Å²) < 4.78 is 0. The second kappa shape index (κ2) is 7.19. The third-order valence-electron chi connectivity index (χ3n) is 3.61. The van der Waals surface area contributed by atoms with Crippen molar-refractivity contribution in [3.05, 3.63) is 28.4 Å². The summed E-state index contributed by atoms with van der Waals surface area (Å²) in [4.78, 5) is 16.4. The van der Waals surface area contributed by atoms with E-state index >= 15 is 0 Å². The standard InChI is InChI=1S/C14H22N4O2/c1-12(11-17-7-3-2-4-8-17)9-15-13-5-6-14(16-10-13)18(19)20/h5-6,10,12,15H,2-4,7-9,11H2,1H3. The molecule has 0 amide bonds. The zero-order valence-electron chi connectivity index (χ0n) is 11.9. The summed E-state index contributed by atoms with van der Waals surface area (Å²) in [6, 6.07) is 3.14. The number of pyridine rings is 1. The predicted octanol–water partition coefficient (Wildman–Crippen LogP) is 2.52. The van der Waals surface area contributed by atoms with E-state index in [0.717, 1.165) is 18.8 Å². The van der Waals surface area contributed by atoms with Gasteiger partial charge in [0.1, 0.15) is 0 Å². The molecule has 6 heteroatoms. The van der Waals surface area contributed by atoms with Crippen molar-refractivity contribution in [3.63, 3.8) is 0 Å². The van der Waals surface area contributed by atoms with Crippen molar-refractivity contribution in [1.82, 2.24) is 9.88 Å². The summed E-state index contributed by atoms with van der Waals surface area (Å²) in [6.45, 7) is 6.61. The molecule has 1 aromatic rings. The van der Waals surface area contributed by atoms with Crippen LogP contribution in [0.5, 0.6) is 0 Å². The highest BCUT2D eigenvalue weighted by atomic mass is 16.6. The fourth-order valence-corrected chi connectivity index (χ4v) is 2.54. The largest absolute Gasteiger partial charge is 0.382 e. The number of nitro groups is 1. The lowest BCUT2D eigenvalue weighted by atomic mass is 10.1. The van der Waals surface area contributed by atoms with Crippen molar-refractivity contribution in [2.75, 3.05) is 31.5 Å². The van der Waals surface area contributed by atoms with Crippen molar-refractivity contribution in [3.8, 4) is 0 Å². The molecule has 1 saturated heterocycles. The predicted molar refractivity (Wildman–Crippen MR) is 78.8 cm³/mol. The second-order valence-corrected chi connectivity index (χ2v) is 5.51. The number of anilines is 1. The maximum atomic E-state index is 10.5. The van der Waals surface area contributed by atoms with E-state index in [4.69, 9.17) is 0 Å². The molecule has 1 fully saturated rings. The molecule has 1 atom stereocenters. The van der Waals surface area contributed by atoms with Crippen molar-refractivity contribution in [2.24, 2.45) is 5.92 Å². The maximum Gasteiger partial charge on any atom is 0.363 e. The van der Waals surface area contributed by atoms with Gasteiger partial charge in [-0.1, -0.05) is 13.3 Å². The van der Waals surface area contributed by atoms with E-state index < -0.39 is 4.92 Å². The van der Waals surface area contributed by atoms with Crippen molar-refractivity contribution >= 4 is 11.5 Å². The molecule has 110 valence electrons. The zero-order valence-corrected chi connectivity index (χ0v) is 11.9. The first-order chi connectivity index (χ1) is 9.65. The minimum absolute atomic E-state index is 0.114. The maximum absolute atomic E-state index is 10.5. The van der Waals surface area contributed by atoms with Crippen LogP contribution in [0.25, 0.3) is 0 Å². The quantitative estimate of drug-likeness (QED) is 0.639. The third kappa shape index (κ3) is 4.45. The lowest BCUT2D eigenvalue weighted by Gasteiger charge is -2.29. The van der Waals surface area contributed by atoms with Gasteiger partial charge in [-0.2, -0.15) is 0 Å². The summed E-state index contributed by atoms with van der Waals surface area (Å²) in [5.41, 5.74) is 0.834. The van der Waals surface area contributed by atoms with E-state index in [0.29, 0.717) is 5.92 Å². The summed E-state index contributed by atoms with van der Waals surface area (Å²) in [5.74, 6) is 0.431. The first-order valence-electron chi connectivity index (χ1n) is 7.22. The number of hydrogen-bond acceptors (Lipinski definition) is 5. The van der Waals surface area contributed by atoms with Gasteiger partial charge in [0.15, 0.2) is 6.20 Å². The Morgan fingerprint density at radius 3 is 2.75 bits per heavy atom. The summed E-state index contributed by atoms with van der Waals surface area (Å²) in [6.07, 6.45) is 5.50. The average Bonchev–Trinajstić information content (AvgIpc) is 2.46. The Kier molecular flexibility index (Phi) is 5.29. The molecule has 0 spiro atoms.